The summed E-state index contributed by atoms with van der Waals surface area (Å²) in [4.78, 5) is 4.03. The monoisotopic (exact) mass is 179 g/mol. The van der Waals surface area contributed by atoms with Gasteiger partial charge in [0.05, 0.1) is 5.60 Å². The van der Waals surface area contributed by atoms with Crippen LogP contribution in [0.3, 0.4) is 0 Å². The summed E-state index contributed by atoms with van der Waals surface area (Å²) in [5.41, 5.74) is 1.29. The van der Waals surface area contributed by atoms with E-state index in [-0.39, 0.29) is 0 Å². The fraction of sp³-hybridized carbons (Fsp3) is 0.545. The van der Waals surface area contributed by atoms with E-state index in [1.807, 2.05) is 6.07 Å². The minimum atomic E-state index is -0.798. The Balaban J connectivity index is 3.20. The van der Waals surface area contributed by atoms with E-state index < -0.39 is 5.60 Å². The summed E-state index contributed by atoms with van der Waals surface area (Å²) in [5, 5.41) is 9.88. The molecule has 72 valence electrons. The first-order valence-electron chi connectivity index (χ1n) is 4.59. The van der Waals surface area contributed by atoms with Crippen molar-refractivity contribution in [1.29, 1.82) is 0 Å². The SMILES string of the molecule is CC(C)c1ccncc1C(C)(C)O. The Morgan fingerprint density at radius 2 is 2.00 bits per heavy atom. The molecule has 0 amide bonds. The van der Waals surface area contributed by atoms with Gasteiger partial charge in [0.2, 0.25) is 0 Å². The summed E-state index contributed by atoms with van der Waals surface area (Å²) in [6, 6.07) is 1.97. The molecule has 2 nitrogen and oxygen atoms in total. The topological polar surface area (TPSA) is 33.1 Å². The van der Waals surface area contributed by atoms with Crippen LogP contribution in [-0.2, 0) is 5.60 Å². The Morgan fingerprint density at radius 1 is 1.38 bits per heavy atom. The van der Waals surface area contributed by atoms with Gasteiger partial charge in [-0.15, -0.1) is 0 Å². The molecule has 0 unspecified atom stereocenters. The third-order valence-electron chi connectivity index (χ3n) is 2.14. The lowest BCUT2D eigenvalue weighted by Gasteiger charge is -2.22. The fourth-order valence-corrected chi connectivity index (χ4v) is 1.42. The lowest BCUT2D eigenvalue weighted by molar-refractivity contribution is 0.0769. The van der Waals surface area contributed by atoms with Gasteiger partial charge in [-0.05, 0) is 31.4 Å². The highest BCUT2D eigenvalue weighted by atomic mass is 16.3. The molecule has 1 aromatic rings. The first-order chi connectivity index (χ1) is 5.93. The summed E-state index contributed by atoms with van der Waals surface area (Å²) in [6.45, 7) is 7.81. The van der Waals surface area contributed by atoms with E-state index in [2.05, 4.69) is 18.8 Å². The third kappa shape index (κ3) is 2.28. The maximum absolute atomic E-state index is 9.88. The van der Waals surface area contributed by atoms with Crippen LogP contribution in [0.1, 0.15) is 44.7 Å². The predicted molar refractivity (Wildman–Crippen MR) is 53.6 cm³/mol. The lowest BCUT2D eigenvalue weighted by atomic mass is 9.90. The van der Waals surface area contributed by atoms with Crippen molar-refractivity contribution in [2.75, 3.05) is 0 Å². The zero-order chi connectivity index (χ0) is 10.1. The van der Waals surface area contributed by atoms with E-state index in [0.717, 1.165) is 5.56 Å². The quantitative estimate of drug-likeness (QED) is 0.756. The Bertz CT molecular complexity index is 286. The highest BCUT2D eigenvalue weighted by Crippen LogP contribution is 2.27. The van der Waals surface area contributed by atoms with Crippen LogP contribution >= 0.6 is 0 Å². The highest BCUT2D eigenvalue weighted by molar-refractivity contribution is 5.30. The van der Waals surface area contributed by atoms with Crippen molar-refractivity contribution >= 4 is 0 Å². The standard InChI is InChI=1S/C11H17NO/c1-8(2)9-5-6-12-7-10(9)11(3,4)13/h5-8,13H,1-4H3. The first-order valence-corrected chi connectivity index (χ1v) is 4.59. The molecule has 1 rings (SSSR count). The second kappa shape index (κ2) is 3.46. The van der Waals surface area contributed by atoms with E-state index in [1.165, 1.54) is 5.56 Å². The number of pyridine rings is 1. The van der Waals surface area contributed by atoms with E-state index in [1.54, 1.807) is 26.2 Å². The number of hydrogen-bond acceptors (Lipinski definition) is 2. The van der Waals surface area contributed by atoms with E-state index in [0.29, 0.717) is 5.92 Å². The molecule has 1 N–H and O–H groups in total. The summed E-state index contributed by atoms with van der Waals surface area (Å²) in [7, 11) is 0. The largest absolute Gasteiger partial charge is 0.386 e. The van der Waals surface area contributed by atoms with Gasteiger partial charge in [0.1, 0.15) is 0 Å². The molecule has 1 heterocycles. The van der Waals surface area contributed by atoms with Crippen LogP contribution in [0.2, 0.25) is 0 Å². The average Bonchev–Trinajstić information content (AvgIpc) is 2.03. The molecular formula is C11H17NO. The van der Waals surface area contributed by atoms with Crippen LogP contribution in [0.5, 0.6) is 0 Å². The third-order valence-corrected chi connectivity index (χ3v) is 2.14. The highest BCUT2D eigenvalue weighted by Gasteiger charge is 2.20. The maximum Gasteiger partial charge on any atom is 0.0858 e. The van der Waals surface area contributed by atoms with Crippen molar-refractivity contribution in [3.05, 3.63) is 29.6 Å². The average molecular weight is 179 g/mol. The van der Waals surface area contributed by atoms with Gasteiger partial charge in [0.15, 0.2) is 0 Å². The van der Waals surface area contributed by atoms with E-state index >= 15 is 0 Å². The van der Waals surface area contributed by atoms with Crippen molar-refractivity contribution in [3.63, 3.8) is 0 Å². The molecule has 1 aromatic heterocycles. The molecule has 0 aliphatic carbocycles. The number of rotatable bonds is 2. The molecule has 0 aromatic carbocycles. The Hall–Kier alpha value is -0.890. The van der Waals surface area contributed by atoms with E-state index in [4.69, 9.17) is 0 Å². The number of hydrogen-bond donors (Lipinski definition) is 1. The van der Waals surface area contributed by atoms with Gasteiger partial charge in [-0.2, -0.15) is 0 Å². The normalized spacial score (nSPS) is 12.2. The van der Waals surface area contributed by atoms with Gasteiger partial charge in [-0.25, -0.2) is 0 Å². The smallest absolute Gasteiger partial charge is 0.0858 e. The Labute approximate surface area is 79.6 Å². The minimum absolute atomic E-state index is 0.421. The van der Waals surface area contributed by atoms with Crippen LogP contribution in [0, 0.1) is 0 Å². The van der Waals surface area contributed by atoms with Gasteiger partial charge in [-0.3, -0.25) is 4.98 Å². The predicted octanol–water partition coefficient (Wildman–Crippen LogP) is 2.43. The molecule has 0 fully saturated rings. The van der Waals surface area contributed by atoms with E-state index in [9.17, 15) is 5.11 Å². The van der Waals surface area contributed by atoms with Crippen molar-refractivity contribution in [1.82, 2.24) is 4.98 Å². The summed E-state index contributed by atoms with van der Waals surface area (Å²) < 4.78 is 0. The second-order valence-electron chi connectivity index (χ2n) is 4.18. The van der Waals surface area contributed by atoms with Gasteiger partial charge < -0.3 is 5.11 Å². The van der Waals surface area contributed by atoms with Crippen molar-refractivity contribution in [2.24, 2.45) is 0 Å². The molecule has 0 saturated carbocycles. The Morgan fingerprint density at radius 3 is 2.38 bits per heavy atom. The molecule has 0 spiro atoms. The fourth-order valence-electron chi connectivity index (χ4n) is 1.42. The van der Waals surface area contributed by atoms with Crippen LogP contribution < -0.4 is 0 Å². The minimum Gasteiger partial charge on any atom is -0.386 e. The van der Waals surface area contributed by atoms with Crippen LogP contribution in [0.15, 0.2) is 18.5 Å². The summed E-state index contributed by atoms with van der Waals surface area (Å²) in [6.07, 6.45) is 3.51. The molecular weight excluding hydrogens is 162 g/mol. The van der Waals surface area contributed by atoms with Crippen molar-refractivity contribution in [2.45, 2.75) is 39.2 Å². The maximum atomic E-state index is 9.88. The van der Waals surface area contributed by atoms with Gasteiger partial charge in [0.25, 0.3) is 0 Å². The zero-order valence-electron chi connectivity index (χ0n) is 8.70. The molecule has 0 saturated heterocycles. The van der Waals surface area contributed by atoms with Gasteiger partial charge in [0, 0.05) is 18.0 Å². The summed E-state index contributed by atoms with van der Waals surface area (Å²) >= 11 is 0. The van der Waals surface area contributed by atoms with Crippen LogP contribution in [-0.4, -0.2) is 10.1 Å². The molecule has 0 aliphatic heterocycles. The number of aromatic nitrogens is 1. The number of nitrogens with zero attached hydrogens (tertiary/aromatic N) is 1. The lowest BCUT2D eigenvalue weighted by Crippen LogP contribution is -2.18. The zero-order valence-corrected chi connectivity index (χ0v) is 8.70. The first kappa shape index (κ1) is 10.2. The summed E-state index contributed by atoms with van der Waals surface area (Å²) in [5.74, 6) is 0.421. The molecule has 0 atom stereocenters. The molecule has 0 aliphatic rings. The Kier molecular flexibility index (Phi) is 2.71. The molecule has 0 radical (unpaired) electrons. The molecule has 0 bridgehead atoms. The van der Waals surface area contributed by atoms with Crippen LogP contribution in [0.4, 0.5) is 0 Å². The second-order valence-corrected chi connectivity index (χ2v) is 4.18. The molecule has 13 heavy (non-hydrogen) atoms. The van der Waals surface area contributed by atoms with Crippen molar-refractivity contribution < 1.29 is 5.11 Å². The van der Waals surface area contributed by atoms with Gasteiger partial charge >= 0.3 is 0 Å². The van der Waals surface area contributed by atoms with Crippen LogP contribution in [0.25, 0.3) is 0 Å². The van der Waals surface area contributed by atoms with Gasteiger partial charge in [-0.1, -0.05) is 13.8 Å². The molecule has 2 heteroatoms. The number of aliphatic hydroxyl groups is 1. The van der Waals surface area contributed by atoms with Crippen molar-refractivity contribution in [3.8, 4) is 0 Å².